The Morgan fingerprint density at radius 1 is 0.933 bits per heavy atom. The van der Waals surface area contributed by atoms with E-state index in [1.54, 1.807) is 0 Å². The molecule has 2 fully saturated rings. The highest BCUT2D eigenvalue weighted by molar-refractivity contribution is 5.89. The van der Waals surface area contributed by atoms with E-state index < -0.39 is 0 Å². The first kappa shape index (κ1) is 20.4. The minimum Gasteiger partial charge on any atom is -0.340 e. The van der Waals surface area contributed by atoms with Gasteiger partial charge < -0.3 is 9.80 Å². The summed E-state index contributed by atoms with van der Waals surface area (Å²) in [7, 11) is 0. The van der Waals surface area contributed by atoms with E-state index in [1.807, 2.05) is 58.3 Å². The van der Waals surface area contributed by atoms with Gasteiger partial charge in [-0.1, -0.05) is 72.8 Å². The van der Waals surface area contributed by atoms with E-state index in [-0.39, 0.29) is 17.7 Å². The monoisotopic (exact) mass is 403 g/mol. The zero-order valence-corrected chi connectivity index (χ0v) is 17.3. The fourth-order valence-electron chi connectivity index (χ4n) is 4.21. The first-order chi connectivity index (χ1) is 14.7. The summed E-state index contributed by atoms with van der Waals surface area (Å²) >= 11 is 0. The number of amides is 2. The van der Waals surface area contributed by atoms with Crippen LogP contribution in [-0.2, 0) is 16.1 Å². The van der Waals surface area contributed by atoms with Gasteiger partial charge in [-0.05, 0) is 11.1 Å². The molecule has 0 bridgehead atoms. The third-order valence-electron chi connectivity index (χ3n) is 5.94. The molecule has 4 rings (SSSR count). The van der Waals surface area contributed by atoms with Gasteiger partial charge >= 0.3 is 0 Å². The lowest BCUT2D eigenvalue weighted by Gasteiger charge is -2.35. The Bertz CT molecular complexity index is 874. The molecule has 0 N–H and O–H groups in total. The third kappa shape index (κ3) is 5.16. The molecule has 5 heteroatoms. The summed E-state index contributed by atoms with van der Waals surface area (Å²) in [6.45, 7) is 5.24. The average Bonchev–Trinajstić information content (AvgIpc) is 3.15. The van der Waals surface area contributed by atoms with Gasteiger partial charge in [0.1, 0.15) is 0 Å². The molecule has 0 radical (unpaired) electrons. The van der Waals surface area contributed by atoms with Crippen molar-refractivity contribution in [3.8, 4) is 0 Å². The summed E-state index contributed by atoms with van der Waals surface area (Å²) < 4.78 is 0. The van der Waals surface area contributed by atoms with Crippen LogP contribution in [0.25, 0.3) is 6.08 Å². The van der Waals surface area contributed by atoms with E-state index in [2.05, 4.69) is 29.2 Å². The summed E-state index contributed by atoms with van der Waals surface area (Å²) in [6.07, 6.45) is 4.67. The Balaban J connectivity index is 1.23. The van der Waals surface area contributed by atoms with Gasteiger partial charge in [0.2, 0.25) is 11.8 Å². The molecule has 0 aliphatic carbocycles. The van der Waals surface area contributed by atoms with Crippen molar-refractivity contribution in [3.05, 3.63) is 77.9 Å². The van der Waals surface area contributed by atoms with Crippen molar-refractivity contribution in [1.82, 2.24) is 14.7 Å². The van der Waals surface area contributed by atoms with Crippen molar-refractivity contribution in [1.29, 1.82) is 0 Å². The van der Waals surface area contributed by atoms with Crippen molar-refractivity contribution in [3.63, 3.8) is 0 Å². The predicted octanol–water partition coefficient (Wildman–Crippen LogP) is 2.89. The first-order valence-electron chi connectivity index (χ1n) is 10.7. The maximum Gasteiger partial charge on any atom is 0.228 e. The van der Waals surface area contributed by atoms with E-state index in [0.29, 0.717) is 19.5 Å². The molecule has 2 saturated heterocycles. The van der Waals surface area contributed by atoms with Crippen LogP contribution in [0.3, 0.4) is 0 Å². The van der Waals surface area contributed by atoms with Gasteiger partial charge in [-0.25, -0.2) is 0 Å². The Labute approximate surface area is 178 Å². The Hall–Kier alpha value is -2.92. The van der Waals surface area contributed by atoms with Crippen molar-refractivity contribution in [2.75, 3.05) is 39.3 Å². The van der Waals surface area contributed by atoms with Crippen LogP contribution in [0.5, 0.6) is 0 Å². The molecule has 2 aromatic rings. The zero-order valence-electron chi connectivity index (χ0n) is 17.3. The van der Waals surface area contributed by atoms with E-state index in [0.717, 1.165) is 38.3 Å². The second-order valence-electron chi connectivity index (χ2n) is 8.10. The average molecular weight is 404 g/mol. The third-order valence-corrected chi connectivity index (χ3v) is 5.94. The van der Waals surface area contributed by atoms with Crippen LogP contribution < -0.4 is 0 Å². The molecule has 0 aromatic heterocycles. The first-order valence-corrected chi connectivity index (χ1v) is 10.7. The zero-order chi connectivity index (χ0) is 20.8. The van der Waals surface area contributed by atoms with Gasteiger partial charge in [0.15, 0.2) is 0 Å². The quantitative estimate of drug-likeness (QED) is 0.745. The van der Waals surface area contributed by atoms with E-state index >= 15 is 0 Å². The summed E-state index contributed by atoms with van der Waals surface area (Å²) in [5, 5.41) is 0. The van der Waals surface area contributed by atoms with Crippen molar-refractivity contribution >= 4 is 17.9 Å². The van der Waals surface area contributed by atoms with Crippen LogP contribution in [-0.4, -0.2) is 65.8 Å². The number of likely N-dealkylation sites (tertiary alicyclic amines) is 1. The van der Waals surface area contributed by atoms with Crippen LogP contribution >= 0.6 is 0 Å². The highest BCUT2D eigenvalue weighted by atomic mass is 16.2. The lowest BCUT2D eigenvalue weighted by atomic mass is 10.1. The molecule has 2 aliphatic rings. The maximum absolute atomic E-state index is 13.0. The highest BCUT2D eigenvalue weighted by Gasteiger charge is 2.37. The molecule has 0 spiro atoms. The summed E-state index contributed by atoms with van der Waals surface area (Å²) in [5.41, 5.74) is 2.31. The number of piperazine rings is 1. The van der Waals surface area contributed by atoms with E-state index in [4.69, 9.17) is 0 Å². The molecule has 1 atom stereocenters. The second-order valence-corrected chi connectivity index (χ2v) is 8.10. The molecule has 0 unspecified atom stereocenters. The molecule has 0 saturated carbocycles. The van der Waals surface area contributed by atoms with Gasteiger partial charge in [-0.3, -0.25) is 14.5 Å². The number of carbonyl (C=O) groups excluding carboxylic acids is 2. The normalized spacial score (nSPS) is 20.3. The number of hydrogen-bond donors (Lipinski definition) is 0. The smallest absolute Gasteiger partial charge is 0.228 e. The molecule has 2 heterocycles. The summed E-state index contributed by atoms with van der Waals surface area (Å²) in [4.78, 5) is 31.5. The van der Waals surface area contributed by atoms with Gasteiger partial charge in [-0.2, -0.15) is 0 Å². The Kier molecular flexibility index (Phi) is 6.60. The summed E-state index contributed by atoms with van der Waals surface area (Å²) in [6, 6.07) is 20.3. The molecule has 156 valence electrons. The molecule has 2 amide bonds. The predicted molar refractivity (Wildman–Crippen MR) is 118 cm³/mol. The van der Waals surface area contributed by atoms with E-state index in [9.17, 15) is 9.59 Å². The molecule has 5 nitrogen and oxygen atoms in total. The van der Waals surface area contributed by atoms with Crippen LogP contribution in [0.1, 0.15) is 17.5 Å². The van der Waals surface area contributed by atoms with Crippen LogP contribution in [0.4, 0.5) is 0 Å². The fraction of sp³-hybridized carbons (Fsp3) is 0.360. The minimum atomic E-state index is -0.203. The SMILES string of the molecule is O=C1C[C@@H](C(=O)N2CCN(C/C=C/c3ccccc3)CC2)CN1Cc1ccccc1. The Morgan fingerprint density at radius 2 is 1.60 bits per heavy atom. The maximum atomic E-state index is 13.0. The molecule has 2 aromatic carbocycles. The van der Waals surface area contributed by atoms with Crippen molar-refractivity contribution in [2.24, 2.45) is 5.92 Å². The molecule has 30 heavy (non-hydrogen) atoms. The fourth-order valence-corrected chi connectivity index (χ4v) is 4.21. The van der Waals surface area contributed by atoms with Crippen LogP contribution in [0, 0.1) is 5.92 Å². The number of nitrogens with zero attached hydrogens (tertiary/aromatic N) is 3. The standard InChI is InChI=1S/C25H29N3O2/c29-24-18-23(20-28(24)19-22-10-5-2-6-11-22)25(30)27-16-14-26(15-17-27)13-7-12-21-8-3-1-4-9-21/h1-12,23H,13-20H2/b12-7+/t23-/m1/s1. The number of benzene rings is 2. The highest BCUT2D eigenvalue weighted by Crippen LogP contribution is 2.23. The molecule has 2 aliphatic heterocycles. The van der Waals surface area contributed by atoms with Gasteiger partial charge in [0.05, 0.1) is 5.92 Å². The van der Waals surface area contributed by atoms with Gasteiger partial charge in [0.25, 0.3) is 0 Å². The van der Waals surface area contributed by atoms with Gasteiger partial charge in [0, 0.05) is 52.2 Å². The van der Waals surface area contributed by atoms with Crippen LogP contribution in [0.2, 0.25) is 0 Å². The lowest BCUT2D eigenvalue weighted by molar-refractivity contribution is -0.137. The second kappa shape index (κ2) is 9.72. The minimum absolute atomic E-state index is 0.0851. The Morgan fingerprint density at radius 3 is 2.30 bits per heavy atom. The molecular weight excluding hydrogens is 374 g/mol. The van der Waals surface area contributed by atoms with E-state index in [1.165, 1.54) is 5.56 Å². The topological polar surface area (TPSA) is 43.9 Å². The largest absolute Gasteiger partial charge is 0.340 e. The summed E-state index contributed by atoms with van der Waals surface area (Å²) in [5.74, 6) is 0.0195. The lowest BCUT2D eigenvalue weighted by Crippen LogP contribution is -2.50. The van der Waals surface area contributed by atoms with Gasteiger partial charge in [-0.15, -0.1) is 0 Å². The number of rotatable bonds is 6. The molecular formula is C25H29N3O2. The van der Waals surface area contributed by atoms with Crippen molar-refractivity contribution < 1.29 is 9.59 Å². The van der Waals surface area contributed by atoms with Crippen molar-refractivity contribution in [2.45, 2.75) is 13.0 Å². The van der Waals surface area contributed by atoms with Crippen LogP contribution in [0.15, 0.2) is 66.7 Å². The number of hydrogen-bond acceptors (Lipinski definition) is 3. The number of carbonyl (C=O) groups is 2.